The molecule has 0 saturated carbocycles. The van der Waals surface area contributed by atoms with E-state index in [1.165, 1.54) is 28.6 Å². The second-order valence-electron chi connectivity index (χ2n) is 4.88. The summed E-state index contributed by atoms with van der Waals surface area (Å²) in [5.41, 5.74) is 1.19. The molecular weight excluding hydrogens is 312 g/mol. The Kier molecular flexibility index (Phi) is 4.20. The van der Waals surface area contributed by atoms with E-state index >= 15 is 0 Å². The summed E-state index contributed by atoms with van der Waals surface area (Å²) in [6, 6.07) is 3.33. The molecule has 24 heavy (non-hydrogen) atoms. The van der Waals surface area contributed by atoms with Crippen LogP contribution in [0, 0.1) is 0 Å². The summed E-state index contributed by atoms with van der Waals surface area (Å²) in [6.07, 6.45) is 5.37. The van der Waals surface area contributed by atoms with Gasteiger partial charge < -0.3 is 5.11 Å². The molecule has 0 unspecified atom stereocenters. The molecule has 4 heterocycles. The molecule has 0 aromatic carbocycles. The fourth-order valence-corrected chi connectivity index (χ4v) is 2.08. The number of rotatable bonds is 2. The summed E-state index contributed by atoms with van der Waals surface area (Å²) >= 11 is 0. The first kappa shape index (κ1) is 15.6. The zero-order valence-corrected chi connectivity index (χ0v) is 13.0. The molecule has 0 aliphatic carbocycles. The van der Waals surface area contributed by atoms with E-state index in [9.17, 15) is 9.90 Å². The second kappa shape index (κ2) is 6.46. The zero-order chi connectivity index (χ0) is 17.1. The number of aliphatic hydroxyl groups excluding tert-OH is 1. The maximum absolute atomic E-state index is 11.0. The Hall–Kier alpha value is -3.27. The van der Waals surface area contributed by atoms with Crippen molar-refractivity contribution in [2.75, 3.05) is 0 Å². The fourth-order valence-electron chi connectivity index (χ4n) is 2.08. The normalized spacial score (nSPS) is 12.0. The molecule has 1 atom stereocenters. The van der Waals surface area contributed by atoms with Crippen molar-refractivity contribution in [2.45, 2.75) is 20.0 Å². The van der Waals surface area contributed by atoms with Crippen LogP contribution in [0.2, 0.25) is 0 Å². The van der Waals surface area contributed by atoms with Gasteiger partial charge in [0, 0.05) is 19.3 Å². The van der Waals surface area contributed by atoms with Gasteiger partial charge in [0.1, 0.15) is 18.3 Å². The number of carbonyl (C=O) groups excluding carboxylic acids is 1. The SMILES string of the molecule is CC(=O)c1ccnc2ncnn12.C[C@H](O)c1ccnc2ncnn12. The topological polar surface area (TPSA) is 123 Å². The lowest BCUT2D eigenvalue weighted by Crippen LogP contribution is -2.04. The van der Waals surface area contributed by atoms with Crippen molar-refractivity contribution in [2.24, 2.45) is 0 Å². The van der Waals surface area contributed by atoms with Gasteiger partial charge in [-0.25, -0.2) is 9.97 Å². The van der Waals surface area contributed by atoms with Crippen LogP contribution >= 0.6 is 0 Å². The van der Waals surface area contributed by atoms with Crippen LogP contribution in [0.5, 0.6) is 0 Å². The third-order valence-corrected chi connectivity index (χ3v) is 3.18. The molecule has 0 spiro atoms. The van der Waals surface area contributed by atoms with Gasteiger partial charge in [-0.3, -0.25) is 4.79 Å². The highest BCUT2D eigenvalue weighted by Gasteiger charge is 2.07. The summed E-state index contributed by atoms with van der Waals surface area (Å²) in [6.45, 7) is 3.16. The molecule has 0 radical (unpaired) electrons. The van der Waals surface area contributed by atoms with E-state index in [-0.39, 0.29) is 5.78 Å². The molecule has 4 aromatic rings. The number of Topliss-reactive ketones (excluding diaryl/α,β-unsaturated/α-hetero) is 1. The van der Waals surface area contributed by atoms with E-state index in [1.807, 2.05) is 0 Å². The van der Waals surface area contributed by atoms with Gasteiger partial charge in [0.25, 0.3) is 11.6 Å². The minimum atomic E-state index is -0.558. The average molecular weight is 326 g/mol. The van der Waals surface area contributed by atoms with Crippen molar-refractivity contribution in [3.05, 3.63) is 48.6 Å². The average Bonchev–Trinajstić information content (AvgIpc) is 3.23. The number of carbonyl (C=O) groups is 1. The standard InChI is InChI=1S/C7H8N4O.C7H6N4O/c2*1-5(12)6-2-3-8-7-9-4-10-11(6)7/h2-5,12H,1H3;2-4H,1H3/t5-;/m0./s1. The Labute approximate surface area is 135 Å². The fraction of sp³-hybridized carbons (Fsp3) is 0.214. The van der Waals surface area contributed by atoms with E-state index in [4.69, 9.17) is 0 Å². The molecular formula is C14H14N8O2. The molecule has 10 nitrogen and oxygen atoms in total. The Bertz CT molecular complexity index is 990. The highest BCUT2D eigenvalue weighted by molar-refractivity contribution is 5.92. The van der Waals surface area contributed by atoms with Gasteiger partial charge in [-0.05, 0) is 19.1 Å². The lowest BCUT2D eigenvalue weighted by atomic mass is 10.3. The lowest BCUT2D eigenvalue weighted by Gasteiger charge is -2.04. The van der Waals surface area contributed by atoms with Crippen molar-refractivity contribution in [1.82, 2.24) is 39.2 Å². The van der Waals surface area contributed by atoms with Crippen molar-refractivity contribution in [1.29, 1.82) is 0 Å². The maximum atomic E-state index is 11.0. The predicted molar refractivity (Wildman–Crippen MR) is 82.2 cm³/mol. The summed E-state index contributed by atoms with van der Waals surface area (Å²) in [4.78, 5) is 26.7. The Morgan fingerprint density at radius 3 is 2.21 bits per heavy atom. The molecule has 0 bridgehead atoms. The summed E-state index contributed by atoms with van der Waals surface area (Å²) in [5, 5.41) is 17.1. The first-order chi connectivity index (χ1) is 11.6. The van der Waals surface area contributed by atoms with E-state index < -0.39 is 6.10 Å². The smallest absolute Gasteiger partial charge is 0.252 e. The van der Waals surface area contributed by atoms with E-state index in [1.54, 1.807) is 31.5 Å². The van der Waals surface area contributed by atoms with Crippen LogP contribution in [0.4, 0.5) is 0 Å². The van der Waals surface area contributed by atoms with E-state index in [0.29, 0.717) is 22.9 Å². The quantitative estimate of drug-likeness (QED) is 0.528. The number of aromatic nitrogens is 8. The van der Waals surface area contributed by atoms with Crippen LogP contribution in [0.25, 0.3) is 11.6 Å². The molecule has 10 heteroatoms. The van der Waals surface area contributed by atoms with Gasteiger partial charge >= 0.3 is 0 Å². The zero-order valence-electron chi connectivity index (χ0n) is 13.0. The number of ketones is 1. The number of nitrogens with zero attached hydrogens (tertiary/aromatic N) is 8. The first-order valence-corrected chi connectivity index (χ1v) is 7.06. The summed E-state index contributed by atoms with van der Waals surface area (Å²) < 4.78 is 2.94. The lowest BCUT2D eigenvalue weighted by molar-refractivity contribution is 0.101. The molecule has 0 amide bonds. The number of hydrogen-bond acceptors (Lipinski definition) is 8. The van der Waals surface area contributed by atoms with Crippen LogP contribution < -0.4 is 0 Å². The predicted octanol–water partition coefficient (Wildman–Crippen LogP) is 0.504. The maximum Gasteiger partial charge on any atom is 0.252 e. The Morgan fingerprint density at radius 2 is 1.58 bits per heavy atom. The van der Waals surface area contributed by atoms with Crippen molar-refractivity contribution in [3.63, 3.8) is 0 Å². The molecule has 122 valence electrons. The largest absolute Gasteiger partial charge is 0.387 e. The van der Waals surface area contributed by atoms with Crippen molar-refractivity contribution < 1.29 is 9.90 Å². The van der Waals surface area contributed by atoms with E-state index in [2.05, 4.69) is 30.1 Å². The summed E-state index contributed by atoms with van der Waals surface area (Å²) in [7, 11) is 0. The number of fused-ring (bicyclic) bond motifs is 2. The van der Waals surface area contributed by atoms with Crippen molar-refractivity contribution in [3.8, 4) is 0 Å². The second-order valence-corrected chi connectivity index (χ2v) is 4.88. The Balaban J connectivity index is 0.000000141. The number of hydrogen-bond donors (Lipinski definition) is 1. The molecule has 1 N–H and O–H groups in total. The van der Waals surface area contributed by atoms with Gasteiger partial charge in [-0.1, -0.05) is 0 Å². The van der Waals surface area contributed by atoms with Crippen LogP contribution in [0.1, 0.15) is 36.1 Å². The van der Waals surface area contributed by atoms with Gasteiger partial charge in [-0.2, -0.15) is 29.2 Å². The summed E-state index contributed by atoms with van der Waals surface area (Å²) in [5.74, 6) is 0.906. The van der Waals surface area contributed by atoms with Gasteiger partial charge in [0.2, 0.25) is 0 Å². The van der Waals surface area contributed by atoms with Gasteiger partial charge in [-0.15, -0.1) is 0 Å². The van der Waals surface area contributed by atoms with Crippen LogP contribution in [0.3, 0.4) is 0 Å². The van der Waals surface area contributed by atoms with Crippen LogP contribution in [-0.2, 0) is 0 Å². The van der Waals surface area contributed by atoms with Crippen LogP contribution in [-0.4, -0.2) is 50.1 Å². The molecule has 4 aromatic heterocycles. The molecule has 0 fully saturated rings. The molecule has 4 rings (SSSR count). The third-order valence-electron chi connectivity index (χ3n) is 3.18. The minimum Gasteiger partial charge on any atom is -0.387 e. The van der Waals surface area contributed by atoms with Gasteiger partial charge in [0.15, 0.2) is 5.78 Å². The highest BCUT2D eigenvalue weighted by atomic mass is 16.3. The van der Waals surface area contributed by atoms with Crippen LogP contribution in [0.15, 0.2) is 37.2 Å². The van der Waals surface area contributed by atoms with E-state index in [0.717, 1.165) is 0 Å². The monoisotopic (exact) mass is 326 g/mol. The Morgan fingerprint density at radius 1 is 1.00 bits per heavy atom. The first-order valence-electron chi connectivity index (χ1n) is 7.06. The highest BCUT2D eigenvalue weighted by Crippen LogP contribution is 2.10. The van der Waals surface area contributed by atoms with Gasteiger partial charge in [0.05, 0.1) is 11.8 Å². The molecule has 0 saturated heterocycles. The molecule has 0 aliphatic rings. The number of aliphatic hydroxyl groups is 1. The van der Waals surface area contributed by atoms with Crippen molar-refractivity contribution >= 4 is 17.3 Å². The minimum absolute atomic E-state index is 0.0482. The molecule has 0 aliphatic heterocycles. The third kappa shape index (κ3) is 2.94.